The van der Waals surface area contributed by atoms with Gasteiger partial charge in [0.05, 0.1) is 10.7 Å². The minimum Gasteiger partial charge on any atom is -0.363 e. The van der Waals surface area contributed by atoms with Crippen molar-refractivity contribution in [2.24, 2.45) is 4.99 Å². The summed E-state index contributed by atoms with van der Waals surface area (Å²) in [4.78, 5) is 6.84. The highest BCUT2D eigenvalue weighted by atomic mass is 32.2. The third kappa shape index (κ3) is 3.13. The van der Waals surface area contributed by atoms with Crippen LogP contribution in [0.4, 0.5) is 5.69 Å². The van der Waals surface area contributed by atoms with Crippen molar-refractivity contribution in [3.8, 4) is 0 Å². The van der Waals surface area contributed by atoms with Crippen LogP contribution in [0.3, 0.4) is 0 Å². The zero-order valence-corrected chi connectivity index (χ0v) is 11.2. The molecular formula is C14H18N2S. The fraction of sp³-hybridized carbons (Fsp3) is 0.357. The predicted octanol–water partition coefficient (Wildman–Crippen LogP) is 3.69. The monoisotopic (exact) mass is 246 g/mol. The van der Waals surface area contributed by atoms with Gasteiger partial charge in [-0.1, -0.05) is 18.2 Å². The Morgan fingerprint density at radius 2 is 2.18 bits per heavy atom. The van der Waals surface area contributed by atoms with Crippen molar-refractivity contribution in [2.45, 2.75) is 19.9 Å². The molecule has 0 amide bonds. The third-order valence-electron chi connectivity index (χ3n) is 2.83. The first-order valence-corrected chi connectivity index (χ1v) is 6.98. The Labute approximate surface area is 107 Å². The molecule has 1 atom stereocenters. The van der Waals surface area contributed by atoms with Crippen LogP contribution < -0.4 is 0 Å². The van der Waals surface area contributed by atoms with Crippen molar-refractivity contribution in [3.63, 3.8) is 0 Å². The molecule has 0 radical (unpaired) electrons. The van der Waals surface area contributed by atoms with E-state index in [0.29, 0.717) is 6.04 Å². The Kier molecular flexibility index (Phi) is 4.26. The van der Waals surface area contributed by atoms with Gasteiger partial charge in [0.1, 0.15) is 0 Å². The maximum atomic E-state index is 4.42. The topological polar surface area (TPSA) is 15.6 Å². The molecule has 17 heavy (non-hydrogen) atoms. The van der Waals surface area contributed by atoms with Crippen LogP contribution in [0, 0.1) is 0 Å². The molecule has 1 aliphatic rings. The second kappa shape index (κ2) is 5.92. The maximum absolute atomic E-state index is 4.42. The standard InChI is InChI=1S/C14H18N2S/c1-3-16-12(2)11-17-14(16)9-10-15-13-7-5-4-6-8-13/h4-10,12H,3,11H2,1-2H3/b14-9-,15-10?/t12-/m0/s1. The van der Waals surface area contributed by atoms with Crippen LogP contribution in [-0.2, 0) is 0 Å². The molecule has 0 aliphatic carbocycles. The van der Waals surface area contributed by atoms with E-state index in [2.05, 4.69) is 29.8 Å². The largest absolute Gasteiger partial charge is 0.363 e. The lowest BCUT2D eigenvalue weighted by Gasteiger charge is -2.21. The molecule has 0 bridgehead atoms. The number of thioether (sulfide) groups is 1. The zero-order chi connectivity index (χ0) is 12.1. The molecule has 2 nitrogen and oxygen atoms in total. The van der Waals surface area contributed by atoms with Gasteiger partial charge in [-0.2, -0.15) is 0 Å². The smallest absolute Gasteiger partial charge is 0.0726 e. The summed E-state index contributed by atoms with van der Waals surface area (Å²) in [5.41, 5.74) is 1.00. The summed E-state index contributed by atoms with van der Waals surface area (Å²) in [5, 5.41) is 1.33. The van der Waals surface area contributed by atoms with Gasteiger partial charge in [0, 0.05) is 24.6 Å². The van der Waals surface area contributed by atoms with Crippen LogP contribution in [0.2, 0.25) is 0 Å². The second-order valence-corrected chi connectivity index (χ2v) is 5.10. The highest BCUT2D eigenvalue weighted by Crippen LogP contribution is 2.31. The Hall–Kier alpha value is -1.22. The number of benzene rings is 1. The molecule has 1 saturated heterocycles. The number of hydrogen-bond acceptors (Lipinski definition) is 3. The lowest BCUT2D eigenvalue weighted by atomic mass is 10.3. The molecule has 0 N–H and O–H groups in total. The molecule has 2 rings (SSSR count). The van der Waals surface area contributed by atoms with Crippen LogP contribution in [0.25, 0.3) is 0 Å². The summed E-state index contributed by atoms with van der Waals surface area (Å²) in [6, 6.07) is 10.7. The first-order chi connectivity index (χ1) is 8.31. The van der Waals surface area contributed by atoms with Crippen molar-refractivity contribution in [2.75, 3.05) is 12.3 Å². The Morgan fingerprint density at radius 1 is 1.41 bits per heavy atom. The highest BCUT2D eigenvalue weighted by Gasteiger charge is 2.22. The van der Waals surface area contributed by atoms with E-state index in [1.54, 1.807) is 0 Å². The molecule has 90 valence electrons. The summed E-state index contributed by atoms with van der Waals surface area (Å²) >= 11 is 1.91. The van der Waals surface area contributed by atoms with Gasteiger partial charge in [-0.3, -0.25) is 4.99 Å². The molecule has 1 aliphatic heterocycles. The molecule has 0 aromatic heterocycles. The summed E-state index contributed by atoms with van der Waals surface area (Å²) in [6.07, 6.45) is 4.02. The van der Waals surface area contributed by atoms with E-state index in [4.69, 9.17) is 0 Å². The van der Waals surface area contributed by atoms with Crippen molar-refractivity contribution in [3.05, 3.63) is 41.4 Å². The average Bonchev–Trinajstić information content (AvgIpc) is 2.71. The fourth-order valence-corrected chi connectivity index (χ4v) is 3.13. The molecule has 0 saturated carbocycles. The third-order valence-corrected chi connectivity index (χ3v) is 4.14. The number of rotatable bonds is 3. The van der Waals surface area contributed by atoms with Crippen molar-refractivity contribution < 1.29 is 0 Å². The summed E-state index contributed by atoms with van der Waals surface area (Å²) in [5.74, 6) is 1.18. The predicted molar refractivity (Wildman–Crippen MR) is 77.0 cm³/mol. The van der Waals surface area contributed by atoms with Crippen LogP contribution in [0.5, 0.6) is 0 Å². The Balaban J connectivity index is 2.03. The Morgan fingerprint density at radius 3 is 2.88 bits per heavy atom. The maximum Gasteiger partial charge on any atom is 0.0726 e. The molecular weight excluding hydrogens is 228 g/mol. The minimum absolute atomic E-state index is 0.640. The van der Waals surface area contributed by atoms with Gasteiger partial charge >= 0.3 is 0 Å². The molecule has 3 heteroatoms. The van der Waals surface area contributed by atoms with Crippen molar-refractivity contribution >= 4 is 23.7 Å². The fourth-order valence-electron chi connectivity index (χ4n) is 1.91. The van der Waals surface area contributed by atoms with E-state index in [1.165, 1.54) is 10.8 Å². The van der Waals surface area contributed by atoms with E-state index in [1.807, 2.05) is 48.3 Å². The van der Waals surface area contributed by atoms with Gasteiger partial charge in [0.2, 0.25) is 0 Å². The minimum atomic E-state index is 0.640. The second-order valence-electron chi connectivity index (χ2n) is 4.06. The van der Waals surface area contributed by atoms with E-state index >= 15 is 0 Å². The van der Waals surface area contributed by atoms with Crippen LogP contribution in [0.1, 0.15) is 13.8 Å². The molecule has 1 aromatic rings. The van der Waals surface area contributed by atoms with Crippen LogP contribution in [-0.4, -0.2) is 29.5 Å². The molecule has 0 spiro atoms. The van der Waals surface area contributed by atoms with Crippen molar-refractivity contribution in [1.29, 1.82) is 0 Å². The number of hydrogen-bond donors (Lipinski definition) is 0. The average molecular weight is 246 g/mol. The van der Waals surface area contributed by atoms with E-state index in [0.717, 1.165) is 12.2 Å². The SMILES string of the molecule is CCN1/C(=C/C=Nc2ccccc2)SC[C@@H]1C. The first-order valence-electron chi connectivity index (χ1n) is 6.00. The van der Waals surface area contributed by atoms with E-state index in [9.17, 15) is 0 Å². The number of aliphatic imine (C=N–C) groups is 1. The summed E-state index contributed by atoms with van der Waals surface area (Å²) in [6.45, 7) is 5.54. The number of para-hydroxylation sites is 1. The van der Waals surface area contributed by atoms with E-state index in [-0.39, 0.29) is 0 Å². The summed E-state index contributed by atoms with van der Waals surface area (Å²) in [7, 11) is 0. The highest BCUT2D eigenvalue weighted by molar-refractivity contribution is 8.03. The van der Waals surface area contributed by atoms with Gasteiger partial charge in [0.15, 0.2) is 0 Å². The van der Waals surface area contributed by atoms with Crippen LogP contribution in [0.15, 0.2) is 46.4 Å². The number of allylic oxidation sites excluding steroid dienone is 1. The summed E-state index contributed by atoms with van der Waals surface area (Å²) < 4.78 is 0. The molecule has 1 fully saturated rings. The first kappa shape index (κ1) is 12.2. The van der Waals surface area contributed by atoms with Gasteiger partial charge in [-0.25, -0.2) is 0 Å². The normalized spacial score (nSPS) is 22.8. The number of nitrogens with zero attached hydrogens (tertiary/aromatic N) is 2. The van der Waals surface area contributed by atoms with Gasteiger partial charge in [-0.15, -0.1) is 11.8 Å². The van der Waals surface area contributed by atoms with Gasteiger partial charge in [-0.05, 0) is 32.1 Å². The lowest BCUT2D eigenvalue weighted by Crippen LogP contribution is -2.26. The Bertz CT molecular complexity index is 411. The molecule has 1 heterocycles. The van der Waals surface area contributed by atoms with Gasteiger partial charge < -0.3 is 4.90 Å². The zero-order valence-electron chi connectivity index (χ0n) is 10.3. The molecule has 1 aromatic carbocycles. The molecule has 0 unspecified atom stereocenters. The van der Waals surface area contributed by atoms with Crippen molar-refractivity contribution in [1.82, 2.24) is 4.90 Å². The lowest BCUT2D eigenvalue weighted by molar-refractivity contribution is 0.337. The van der Waals surface area contributed by atoms with E-state index < -0.39 is 0 Å². The van der Waals surface area contributed by atoms with Crippen LogP contribution >= 0.6 is 11.8 Å². The van der Waals surface area contributed by atoms with Gasteiger partial charge in [0.25, 0.3) is 0 Å². The quantitative estimate of drug-likeness (QED) is 0.756.